The number of rotatable bonds is 2. The van der Waals surface area contributed by atoms with Crippen LogP contribution < -0.4 is 10.3 Å². The standard InChI is InChI=1S/C15H14N2O2/c1-10-9-17(15(18)14(8-16)11(10)2)12-5-4-6-13(7-12)19-3/h4-7,9H,1-3H3. The molecule has 96 valence electrons. The van der Waals surface area contributed by atoms with Crippen LogP contribution in [0.15, 0.2) is 35.3 Å². The lowest BCUT2D eigenvalue weighted by Crippen LogP contribution is -2.22. The first-order chi connectivity index (χ1) is 9.08. The van der Waals surface area contributed by atoms with Crippen LogP contribution in [-0.2, 0) is 0 Å². The Morgan fingerprint density at radius 3 is 2.68 bits per heavy atom. The summed E-state index contributed by atoms with van der Waals surface area (Å²) >= 11 is 0. The lowest BCUT2D eigenvalue weighted by molar-refractivity contribution is 0.414. The predicted octanol–water partition coefficient (Wildman–Crippen LogP) is 2.33. The van der Waals surface area contributed by atoms with Crippen molar-refractivity contribution in [3.63, 3.8) is 0 Å². The van der Waals surface area contributed by atoms with Crippen LogP contribution >= 0.6 is 0 Å². The van der Waals surface area contributed by atoms with Crippen molar-refractivity contribution in [3.8, 4) is 17.5 Å². The molecule has 2 rings (SSSR count). The van der Waals surface area contributed by atoms with Crippen molar-refractivity contribution in [1.29, 1.82) is 5.26 Å². The van der Waals surface area contributed by atoms with E-state index in [0.29, 0.717) is 11.4 Å². The Kier molecular flexibility index (Phi) is 3.39. The van der Waals surface area contributed by atoms with Gasteiger partial charge >= 0.3 is 0 Å². The van der Waals surface area contributed by atoms with Crippen LogP contribution in [0.3, 0.4) is 0 Å². The SMILES string of the molecule is COc1cccc(-n2cc(C)c(C)c(C#N)c2=O)c1. The number of methoxy groups -OCH3 is 1. The number of ether oxygens (including phenoxy) is 1. The fourth-order valence-corrected chi connectivity index (χ4v) is 1.91. The molecule has 1 aromatic carbocycles. The predicted molar refractivity (Wildman–Crippen MR) is 72.8 cm³/mol. The molecule has 0 N–H and O–H groups in total. The molecule has 2 aromatic rings. The smallest absolute Gasteiger partial charge is 0.273 e. The summed E-state index contributed by atoms with van der Waals surface area (Å²) in [4.78, 5) is 12.3. The highest BCUT2D eigenvalue weighted by Gasteiger charge is 2.11. The molecule has 0 amide bonds. The molecule has 0 radical (unpaired) electrons. The summed E-state index contributed by atoms with van der Waals surface area (Å²) in [7, 11) is 1.57. The quantitative estimate of drug-likeness (QED) is 0.826. The van der Waals surface area contributed by atoms with Crippen LogP contribution in [0.1, 0.15) is 16.7 Å². The van der Waals surface area contributed by atoms with E-state index in [1.807, 2.05) is 19.1 Å². The molecule has 1 heterocycles. The minimum atomic E-state index is -0.307. The summed E-state index contributed by atoms with van der Waals surface area (Å²) in [6.45, 7) is 3.66. The first kappa shape index (κ1) is 12.9. The topological polar surface area (TPSA) is 55.0 Å². The molecule has 4 nitrogen and oxygen atoms in total. The van der Waals surface area contributed by atoms with Gasteiger partial charge in [0.15, 0.2) is 0 Å². The summed E-state index contributed by atoms with van der Waals surface area (Å²) in [6.07, 6.45) is 1.74. The van der Waals surface area contributed by atoms with Crippen LogP contribution in [-0.4, -0.2) is 11.7 Å². The molecule has 0 aliphatic carbocycles. The van der Waals surface area contributed by atoms with Crippen molar-refractivity contribution in [2.75, 3.05) is 7.11 Å². The van der Waals surface area contributed by atoms with Gasteiger partial charge in [0.2, 0.25) is 0 Å². The zero-order valence-corrected chi connectivity index (χ0v) is 11.1. The van der Waals surface area contributed by atoms with Crippen LogP contribution in [0.25, 0.3) is 5.69 Å². The molecule has 0 spiro atoms. The van der Waals surface area contributed by atoms with E-state index in [1.165, 1.54) is 4.57 Å². The van der Waals surface area contributed by atoms with Crippen LogP contribution in [0.4, 0.5) is 0 Å². The number of pyridine rings is 1. The second-order valence-corrected chi connectivity index (χ2v) is 4.30. The van der Waals surface area contributed by atoms with Gasteiger partial charge in [-0.2, -0.15) is 5.26 Å². The van der Waals surface area contributed by atoms with Crippen LogP contribution in [0.5, 0.6) is 5.75 Å². The van der Waals surface area contributed by atoms with Crippen molar-refractivity contribution in [2.45, 2.75) is 13.8 Å². The number of nitriles is 1. The van der Waals surface area contributed by atoms with E-state index in [1.54, 1.807) is 38.4 Å². The van der Waals surface area contributed by atoms with Crippen LogP contribution in [0.2, 0.25) is 0 Å². The molecule has 4 heteroatoms. The molecular formula is C15H14N2O2. The van der Waals surface area contributed by atoms with Gasteiger partial charge in [-0.05, 0) is 37.1 Å². The average Bonchev–Trinajstić information content (AvgIpc) is 2.43. The van der Waals surface area contributed by atoms with Crippen molar-refractivity contribution < 1.29 is 4.74 Å². The van der Waals surface area contributed by atoms with E-state index < -0.39 is 0 Å². The van der Waals surface area contributed by atoms with E-state index >= 15 is 0 Å². The van der Waals surface area contributed by atoms with Gasteiger partial charge in [-0.25, -0.2) is 0 Å². The summed E-state index contributed by atoms with van der Waals surface area (Å²) in [5.74, 6) is 0.668. The summed E-state index contributed by atoms with van der Waals surface area (Å²) in [5, 5.41) is 9.11. The summed E-state index contributed by atoms with van der Waals surface area (Å²) in [6, 6.07) is 9.16. The maximum atomic E-state index is 12.3. The highest BCUT2D eigenvalue weighted by atomic mass is 16.5. The van der Waals surface area contributed by atoms with E-state index in [4.69, 9.17) is 10.00 Å². The Balaban J connectivity index is 2.73. The maximum Gasteiger partial charge on any atom is 0.273 e. The molecule has 0 atom stereocenters. The molecule has 0 unspecified atom stereocenters. The molecule has 1 aromatic heterocycles. The number of nitrogens with zero attached hydrogens (tertiary/aromatic N) is 2. The molecule has 0 saturated carbocycles. The van der Waals surface area contributed by atoms with Crippen molar-refractivity contribution in [3.05, 3.63) is 57.5 Å². The normalized spacial score (nSPS) is 10.0. The zero-order valence-electron chi connectivity index (χ0n) is 11.1. The third kappa shape index (κ3) is 2.23. The largest absolute Gasteiger partial charge is 0.497 e. The van der Waals surface area contributed by atoms with Gasteiger partial charge in [-0.3, -0.25) is 9.36 Å². The Labute approximate surface area is 111 Å². The van der Waals surface area contributed by atoms with Gasteiger partial charge in [-0.15, -0.1) is 0 Å². The molecule has 0 aliphatic rings. The highest BCUT2D eigenvalue weighted by molar-refractivity contribution is 5.45. The number of aromatic nitrogens is 1. The Bertz CT molecular complexity index is 724. The van der Waals surface area contributed by atoms with Crippen molar-refractivity contribution in [2.24, 2.45) is 0 Å². The second kappa shape index (κ2) is 4.99. The molecule has 19 heavy (non-hydrogen) atoms. The summed E-state index contributed by atoms with van der Waals surface area (Å²) < 4.78 is 6.62. The fraction of sp³-hybridized carbons (Fsp3) is 0.200. The number of aryl methyl sites for hydroxylation is 1. The van der Waals surface area contributed by atoms with Crippen LogP contribution in [0, 0.1) is 25.2 Å². The van der Waals surface area contributed by atoms with Gasteiger partial charge < -0.3 is 4.74 Å². The Morgan fingerprint density at radius 1 is 1.32 bits per heavy atom. The van der Waals surface area contributed by atoms with Gasteiger partial charge in [-0.1, -0.05) is 6.07 Å². The van der Waals surface area contributed by atoms with E-state index in [9.17, 15) is 4.79 Å². The highest BCUT2D eigenvalue weighted by Crippen LogP contribution is 2.17. The molecule has 0 aliphatic heterocycles. The second-order valence-electron chi connectivity index (χ2n) is 4.30. The molecular weight excluding hydrogens is 240 g/mol. The van der Waals surface area contributed by atoms with E-state index in [0.717, 1.165) is 11.1 Å². The maximum absolute atomic E-state index is 12.3. The Morgan fingerprint density at radius 2 is 2.05 bits per heavy atom. The fourth-order valence-electron chi connectivity index (χ4n) is 1.91. The molecule has 0 saturated heterocycles. The minimum absolute atomic E-state index is 0.183. The van der Waals surface area contributed by atoms with Gasteiger partial charge in [0, 0.05) is 12.3 Å². The Hall–Kier alpha value is -2.54. The van der Waals surface area contributed by atoms with Crippen molar-refractivity contribution in [1.82, 2.24) is 4.57 Å². The monoisotopic (exact) mass is 254 g/mol. The third-order valence-electron chi connectivity index (χ3n) is 3.17. The van der Waals surface area contributed by atoms with Crippen molar-refractivity contribution >= 4 is 0 Å². The summed E-state index contributed by atoms with van der Waals surface area (Å²) in [5.41, 5.74) is 2.19. The first-order valence-electron chi connectivity index (χ1n) is 5.86. The van der Waals surface area contributed by atoms with Gasteiger partial charge in [0.1, 0.15) is 17.4 Å². The first-order valence-corrected chi connectivity index (χ1v) is 5.86. The number of hydrogen-bond acceptors (Lipinski definition) is 3. The zero-order chi connectivity index (χ0) is 14.0. The molecule has 0 bridgehead atoms. The van der Waals surface area contributed by atoms with E-state index in [2.05, 4.69) is 0 Å². The third-order valence-corrected chi connectivity index (χ3v) is 3.17. The average molecular weight is 254 g/mol. The molecule has 0 fully saturated rings. The minimum Gasteiger partial charge on any atom is -0.497 e. The lowest BCUT2D eigenvalue weighted by Gasteiger charge is -2.11. The van der Waals surface area contributed by atoms with Gasteiger partial charge in [0.25, 0.3) is 5.56 Å². The lowest BCUT2D eigenvalue weighted by atomic mass is 10.1. The van der Waals surface area contributed by atoms with E-state index in [-0.39, 0.29) is 11.1 Å². The number of hydrogen-bond donors (Lipinski definition) is 0. The van der Waals surface area contributed by atoms with Gasteiger partial charge in [0.05, 0.1) is 12.8 Å². The number of benzene rings is 1.